The first kappa shape index (κ1) is 38.5. The average molecular weight is 696 g/mol. The molecule has 5 atom stereocenters. The van der Waals surface area contributed by atoms with Crippen molar-refractivity contribution in [3.63, 3.8) is 0 Å². The molecule has 0 saturated carbocycles. The van der Waals surface area contributed by atoms with Crippen molar-refractivity contribution < 1.29 is 38.8 Å². The van der Waals surface area contributed by atoms with Crippen LogP contribution in [0.4, 0.5) is 0 Å². The van der Waals surface area contributed by atoms with Gasteiger partial charge in [0.2, 0.25) is 6.10 Å². The van der Waals surface area contributed by atoms with Crippen LogP contribution in [0.1, 0.15) is 153 Å². The highest BCUT2D eigenvalue weighted by molar-refractivity contribution is 5.87. The quantitative estimate of drug-likeness (QED) is 0.0962. The first-order chi connectivity index (χ1) is 24.2. The lowest BCUT2D eigenvalue weighted by Crippen LogP contribution is -2.74. The Morgan fingerprint density at radius 1 is 0.960 bits per heavy atom. The van der Waals surface area contributed by atoms with Crippen molar-refractivity contribution in [2.75, 3.05) is 13.6 Å². The lowest BCUT2D eigenvalue weighted by molar-refractivity contribution is -0.176. The van der Waals surface area contributed by atoms with E-state index in [1.807, 2.05) is 19.2 Å². The molecule has 1 aromatic rings. The number of nitrogens with zero attached hydrogens (tertiary/aromatic N) is 1. The summed E-state index contributed by atoms with van der Waals surface area (Å²) >= 11 is 0. The van der Waals surface area contributed by atoms with Crippen LogP contribution in [-0.4, -0.2) is 70.3 Å². The SMILES string of the molecule is CCCCCCCCCCCCCCCCCC(=O)O[C@@H](CC(C)=O)C(=O)OC1=CC[C@@]2(O)[C@H]3Cc4ccc(CO)c5c4[C@@]2(CCN3C)[C@H]1O5. The van der Waals surface area contributed by atoms with E-state index in [0.29, 0.717) is 30.6 Å². The molecule has 278 valence electrons. The molecule has 0 unspecified atom stereocenters. The van der Waals surface area contributed by atoms with Crippen molar-refractivity contribution in [2.24, 2.45) is 0 Å². The third-order valence-electron chi connectivity index (χ3n) is 11.8. The molecule has 1 aromatic carbocycles. The number of hydrogen-bond donors (Lipinski definition) is 2. The molecular formula is C41H61NO8. The molecule has 9 heteroatoms. The summed E-state index contributed by atoms with van der Waals surface area (Å²) < 4.78 is 18.1. The van der Waals surface area contributed by atoms with Gasteiger partial charge >= 0.3 is 11.9 Å². The molecule has 1 fully saturated rings. The number of rotatable bonds is 22. The Morgan fingerprint density at radius 3 is 2.18 bits per heavy atom. The van der Waals surface area contributed by atoms with E-state index in [-0.39, 0.29) is 43.5 Å². The highest BCUT2D eigenvalue weighted by Gasteiger charge is 2.72. The predicted octanol–water partition coefficient (Wildman–Crippen LogP) is 7.15. The van der Waals surface area contributed by atoms with Crippen LogP contribution >= 0.6 is 0 Å². The fourth-order valence-corrected chi connectivity index (χ4v) is 9.11. The van der Waals surface area contributed by atoms with Crippen LogP contribution in [0.3, 0.4) is 0 Å². The minimum absolute atomic E-state index is 0.152. The minimum Gasteiger partial charge on any atom is -0.481 e. The number of aliphatic hydroxyl groups is 2. The molecule has 50 heavy (non-hydrogen) atoms. The largest absolute Gasteiger partial charge is 0.481 e. The van der Waals surface area contributed by atoms with Gasteiger partial charge in [0.25, 0.3) is 0 Å². The highest BCUT2D eigenvalue weighted by Crippen LogP contribution is 2.64. The van der Waals surface area contributed by atoms with Gasteiger partial charge in [0.1, 0.15) is 17.3 Å². The van der Waals surface area contributed by atoms with E-state index in [0.717, 1.165) is 36.9 Å². The fraction of sp³-hybridized carbons (Fsp3) is 0.732. The van der Waals surface area contributed by atoms with Crippen LogP contribution < -0.4 is 4.74 Å². The van der Waals surface area contributed by atoms with Gasteiger partial charge in [0.05, 0.1) is 24.0 Å². The Kier molecular flexibility index (Phi) is 13.6. The van der Waals surface area contributed by atoms with Gasteiger partial charge in [0, 0.05) is 30.0 Å². The van der Waals surface area contributed by atoms with E-state index in [9.17, 15) is 24.6 Å². The Hall–Kier alpha value is -2.75. The summed E-state index contributed by atoms with van der Waals surface area (Å²) in [7, 11) is 2.02. The molecule has 2 N–H and O–H groups in total. The molecule has 0 radical (unpaired) electrons. The summed E-state index contributed by atoms with van der Waals surface area (Å²) in [4.78, 5) is 40.7. The summed E-state index contributed by atoms with van der Waals surface area (Å²) in [6.07, 6.45) is 19.4. The normalized spacial score (nSPS) is 25.3. The number of aliphatic hydroxyl groups excluding tert-OH is 1. The zero-order valence-electron chi connectivity index (χ0n) is 30.8. The second-order valence-electron chi connectivity index (χ2n) is 15.4. The fourth-order valence-electron chi connectivity index (χ4n) is 9.11. The van der Waals surface area contributed by atoms with E-state index < -0.39 is 35.2 Å². The monoisotopic (exact) mass is 695 g/mol. The maximum absolute atomic E-state index is 13.6. The predicted molar refractivity (Wildman–Crippen MR) is 192 cm³/mol. The molecule has 5 rings (SSSR count). The Bertz CT molecular complexity index is 1370. The molecule has 0 aromatic heterocycles. The van der Waals surface area contributed by atoms with Crippen LogP contribution in [0.5, 0.6) is 5.75 Å². The van der Waals surface area contributed by atoms with Gasteiger partial charge < -0.3 is 29.3 Å². The van der Waals surface area contributed by atoms with E-state index >= 15 is 0 Å². The summed E-state index contributed by atoms with van der Waals surface area (Å²) in [5.41, 5.74) is 0.572. The minimum atomic E-state index is -1.36. The molecule has 1 spiro atoms. The van der Waals surface area contributed by atoms with E-state index in [2.05, 4.69) is 11.8 Å². The number of esters is 2. The van der Waals surface area contributed by atoms with Gasteiger partial charge in [-0.2, -0.15) is 0 Å². The van der Waals surface area contributed by atoms with Gasteiger partial charge in [0.15, 0.2) is 6.10 Å². The molecule has 2 aliphatic heterocycles. The smallest absolute Gasteiger partial charge is 0.353 e. The van der Waals surface area contributed by atoms with Crippen molar-refractivity contribution in [2.45, 2.75) is 178 Å². The summed E-state index contributed by atoms with van der Waals surface area (Å²) in [6, 6.07) is 3.72. The second kappa shape index (κ2) is 17.6. The van der Waals surface area contributed by atoms with Crippen molar-refractivity contribution in [1.82, 2.24) is 4.90 Å². The summed E-state index contributed by atoms with van der Waals surface area (Å²) in [5.74, 6) is -0.816. The van der Waals surface area contributed by atoms with Gasteiger partial charge in [-0.15, -0.1) is 0 Å². The summed E-state index contributed by atoms with van der Waals surface area (Å²) in [5, 5.41) is 22.5. The standard InChI is InChI=1S/C41H61NO8/c1-4-5-6-7-8-9-10-11-12-13-14-15-16-17-18-19-35(45)48-33(26-29(2)44)39(46)49-32-22-23-41(47)34-27-30-20-21-31(28-43)37-36(30)40(41,38(32)50-37)24-25-42(34)3/h20-22,33-34,38,43,47H,4-19,23-28H2,1-3H3/t33-,34+,38-,40-,41+/m0/s1. The number of benzene rings is 1. The molecule has 1 saturated heterocycles. The first-order valence-corrected chi connectivity index (χ1v) is 19.6. The van der Waals surface area contributed by atoms with Gasteiger partial charge in [-0.25, -0.2) is 4.79 Å². The Labute approximate surface area is 299 Å². The first-order valence-electron chi connectivity index (χ1n) is 19.6. The van der Waals surface area contributed by atoms with Crippen molar-refractivity contribution >= 4 is 17.7 Å². The average Bonchev–Trinajstić information content (AvgIpc) is 3.45. The molecule has 4 aliphatic rings. The Balaban J connectivity index is 1.10. The van der Waals surface area contributed by atoms with Gasteiger partial charge in [-0.05, 0) is 51.4 Å². The van der Waals surface area contributed by atoms with Crippen LogP contribution in [0.25, 0.3) is 0 Å². The molecule has 2 bridgehead atoms. The lowest BCUT2D eigenvalue weighted by Gasteiger charge is -2.61. The van der Waals surface area contributed by atoms with Crippen LogP contribution in [0.15, 0.2) is 24.0 Å². The number of hydrogen-bond acceptors (Lipinski definition) is 9. The van der Waals surface area contributed by atoms with E-state index in [4.69, 9.17) is 14.2 Å². The third kappa shape index (κ3) is 8.15. The summed E-state index contributed by atoms with van der Waals surface area (Å²) in [6.45, 7) is 4.12. The van der Waals surface area contributed by atoms with Crippen LogP contribution in [-0.2, 0) is 42.3 Å². The topological polar surface area (TPSA) is 123 Å². The molecule has 0 amide bonds. The Morgan fingerprint density at radius 2 is 1.58 bits per heavy atom. The maximum Gasteiger partial charge on any atom is 0.353 e. The van der Waals surface area contributed by atoms with Gasteiger partial charge in [-0.1, -0.05) is 109 Å². The van der Waals surface area contributed by atoms with Crippen LogP contribution in [0.2, 0.25) is 0 Å². The number of piperidine rings is 1. The van der Waals surface area contributed by atoms with E-state index in [1.165, 1.54) is 77.6 Å². The molecule has 2 heterocycles. The highest BCUT2D eigenvalue weighted by atomic mass is 16.6. The maximum atomic E-state index is 13.6. The number of Topliss-reactive ketones (excluding diaryl/α,β-unsaturated/α-hetero) is 1. The number of unbranched alkanes of at least 4 members (excludes halogenated alkanes) is 14. The van der Waals surface area contributed by atoms with Crippen LogP contribution in [0, 0.1) is 0 Å². The number of carbonyl (C=O) groups excluding carboxylic acids is 3. The number of likely N-dealkylation sites (tertiary alicyclic amines) is 1. The van der Waals surface area contributed by atoms with E-state index in [1.54, 1.807) is 6.08 Å². The molecular weight excluding hydrogens is 634 g/mol. The number of likely N-dealkylation sites (N-methyl/N-ethyl adjacent to an activating group) is 1. The lowest BCUT2D eigenvalue weighted by atomic mass is 9.50. The number of ether oxygens (including phenoxy) is 3. The van der Waals surface area contributed by atoms with Gasteiger partial charge in [-0.3, -0.25) is 9.59 Å². The second-order valence-corrected chi connectivity index (χ2v) is 15.4. The van der Waals surface area contributed by atoms with Crippen molar-refractivity contribution in [1.29, 1.82) is 0 Å². The number of carbonyl (C=O) groups is 3. The zero-order valence-corrected chi connectivity index (χ0v) is 30.8. The number of ketones is 1. The van der Waals surface area contributed by atoms with Crippen molar-refractivity contribution in [3.05, 3.63) is 40.7 Å². The van der Waals surface area contributed by atoms with Crippen molar-refractivity contribution in [3.8, 4) is 5.75 Å². The molecule has 9 nitrogen and oxygen atoms in total. The molecule has 2 aliphatic carbocycles. The zero-order chi connectivity index (χ0) is 35.7. The third-order valence-corrected chi connectivity index (χ3v) is 11.8.